The molecule has 0 aliphatic carbocycles. The van der Waals surface area contributed by atoms with E-state index in [4.69, 9.17) is 5.73 Å². The van der Waals surface area contributed by atoms with Crippen molar-refractivity contribution < 1.29 is 0 Å². The van der Waals surface area contributed by atoms with Gasteiger partial charge in [-0.1, -0.05) is 42.5 Å². The molecule has 0 saturated carbocycles. The fourth-order valence-electron chi connectivity index (χ4n) is 1.98. The first-order chi connectivity index (χ1) is 9.83. The Morgan fingerprint density at radius 2 is 1.60 bits per heavy atom. The molecule has 0 spiro atoms. The Kier molecular flexibility index (Phi) is 3.52. The van der Waals surface area contributed by atoms with Crippen molar-refractivity contribution >= 4 is 17.0 Å². The molecule has 0 radical (unpaired) electrons. The lowest BCUT2D eigenvalue weighted by Gasteiger charge is -2.12. The summed E-state index contributed by atoms with van der Waals surface area (Å²) < 4.78 is 0. The van der Waals surface area contributed by atoms with Gasteiger partial charge < -0.3 is 11.1 Å². The van der Waals surface area contributed by atoms with Crippen LogP contribution in [0.3, 0.4) is 0 Å². The number of benzene rings is 2. The van der Waals surface area contributed by atoms with Gasteiger partial charge in [-0.25, -0.2) is 4.98 Å². The monoisotopic (exact) mass is 265 g/mol. The summed E-state index contributed by atoms with van der Waals surface area (Å²) in [5.74, 6) is 0.495. The number of fused-ring (bicyclic) bond motifs is 1. The molecular formula is C15H15N5. The van der Waals surface area contributed by atoms with Crippen LogP contribution in [0.1, 0.15) is 11.6 Å². The van der Waals surface area contributed by atoms with Crippen LogP contribution >= 0.6 is 0 Å². The normalized spacial score (nSPS) is 12.2. The summed E-state index contributed by atoms with van der Waals surface area (Å²) in [5, 5.41) is 11.3. The summed E-state index contributed by atoms with van der Waals surface area (Å²) >= 11 is 0. The van der Waals surface area contributed by atoms with Crippen molar-refractivity contribution in [2.45, 2.75) is 6.04 Å². The van der Waals surface area contributed by atoms with Gasteiger partial charge in [0.05, 0.1) is 5.52 Å². The molecule has 0 aliphatic rings. The lowest BCUT2D eigenvalue weighted by atomic mass is 10.1. The molecule has 0 aliphatic heterocycles. The molecule has 3 aromatic rings. The number of para-hydroxylation sites is 1. The molecule has 3 N–H and O–H groups in total. The molecule has 5 heteroatoms. The molecule has 5 nitrogen and oxygen atoms in total. The number of nitrogens with zero attached hydrogens (tertiary/aromatic N) is 3. The summed E-state index contributed by atoms with van der Waals surface area (Å²) in [6, 6.07) is 17.5. The van der Waals surface area contributed by atoms with Gasteiger partial charge in [0, 0.05) is 12.6 Å². The number of anilines is 1. The van der Waals surface area contributed by atoms with Gasteiger partial charge in [0.15, 0.2) is 0 Å². The van der Waals surface area contributed by atoms with Crippen molar-refractivity contribution in [3.8, 4) is 0 Å². The standard InChI is InChI=1S/C15H15N5/c16-12(11-6-2-1-3-7-11)10-17-15-18-13-8-4-5-9-14(13)19-20-15/h1-9,12H,10,16H2,(H,17,18,20). The molecule has 1 aromatic heterocycles. The van der Waals surface area contributed by atoms with Crippen LogP contribution in [0, 0.1) is 0 Å². The number of rotatable bonds is 4. The van der Waals surface area contributed by atoms with Crippen LogP contribution in [0.4, 0.5) is 5.95 Å². The quantitative estimate of drug-likeness (QED) is 0.755. The Labute approximate surface area is 116 Å². The van der Waals surface area contributed by atoms with E-state index in [2.05, 4.69) is 20.5 Å². The van der Waals surface area contributed by atoms with Crippen LogP contribution in [0.15, 0.2) is 54.6 Å². The van der Waals surface area contributed by atoms with Crippen LogP contribution in [-0.4, -0.2) is 21.7 Å². The van der Waals surface area contributed by atoms with E-state index in [0.717, 1.165) is 16.6 Å². The molecule has 0 saturated heterocycles. The highest BCUT2D eigenvalue weighted by molar-refractivity contribution is 5.74. The molecule has 1 atom stereocenters. The average molecular weight is 265 g/mol. The zero-order chi connectivity index (χ0) is 13.8. The van der Waals surface area contributed by atoms with Gasteiger partial charge in [0.1, 0.15) is 5.52 Å². The summed E-state index contributed by atoms with van der Waals surface area (Å²) in [5.41, 5.74) is 8.80. The highest BCUT2D eigenvalue weighted by Gasteiger charge is 2.06. The minimum absolute atomic E-state index is 0.105. The Morgan fingerprint density at radius 1 is 0.900 bits per heavy atom. The second-order valence-electron chi connectivity index (χ2n) is 4.52. The van der Waals surface area contributed by atoms with E-state index >= 15 is 0 Å². The maximum atomic E-state index is 6.12. The Morgan fingerprint density at radius 3 is 2.40 bits per heavy atom. The van der Waals surface area contributed by atoms with Crippen LogP contribution in [0.25, 0.3) is 11.0 Å². The van der Waals surface area contributed by atoms with Gasteiger partial charge in [0.2, 0.25) is 5.95 Å². The van der Waals surface area contributed by atoms with Crippen molar-refractivity contribution in [2.75, 3.05) is 11.9 Å². The van der Waals surface area contributed by atoms with Crippen LogP contribution in [0.2, 0.25) is 0 Å². The summed E-state index contributed by atoms with van der Waals surface area (Å²) in [7, 11) is 0. The Hall–Kier alpha value is -2.53. The predicted octanol–water partition coefficient (Wildman–Crippen LogP) is 2.14. The molecule has 100 valence electrons. The van der Waals surface area contributed by atoms with Crippen LogP contribution in [-0.2, 0) is 0 Å². The van der Waals surface area contributed by atoms with E-state index in [1.165, 1.54) is 0 Å². The first kappa shape index (κ1) is 12.5. The predicted molar refractivity (Wildman–Crippen MR) is 79.2 cm³/mol. The zero-order valence-corrected chi connectivity index (χ0v) is 10.9. The SMILES string of the molecule is NC(CNc1nnc2ccccc2n1)c1ccccc1. The molecular weight excluding hydrogens is 250 g/mol. The van der Waals surface area contributed by atoms with Gasteiger partial charge in [-0.3, -0.25) is 0 Å². The van der Waals surface area contributed by atoms with Gasteiger partial charge in [-0.2, -0.15) is 0 Å². The van der Waals surface area contributed by atoms with E-state index < -0.39 is 0 Å². The topological polar surface area (TPSA) is 76.7 Å². The lowest BCUT2D eigenvalue weighted by molar-refractivity contribution is 0.756. The van der Waals surface area contributed by atoms with Gasteiger partial charge in [-0.15, -0.1) is 10.2 Å². The van der Waals surface area contributed by atoms with Crippen molar-refractivity contribution in [3.63, 3.8) is 0 Å². The smallest absolute Gasteiger partial charge is 0.243 e. The number of nitrogens with two attached hydrogens (primary N) is 1. The maximum absolute atomic E-state index is 6.12. The van der Waals surface area contributed by atoms with E-state index in [1.54, 1.807) is 0 Å². The van der Waals surface area contributed by atoms with E-state index in [9.17, 15) is 0 Å². The number of nitrogens with one attached hydrogen (secondary N) is 1. The number of hydrogen-bond donors (Lipinski definition) is 2. The van der Waals surface area contributed by atoms with E-state index in [1.807, 2.05) is 54.6 Å². The molecule has 3 rings (SSSR count). The molecule has 0 fully saturated rings. The van der Waals surface area contributed by atoms with Gasteiger partial charge >= 0.3 is 0 Å². The van der Waals surface area contributed by atoms with Crippen molar-refractivity contribution in [3.05, 3.63) is 60.2 Å². The fourth-order valence-corrected chi connectivity index (χ4v) is 1.98. The second-order valence-corrected chi connectivity index (χ2v) is 4.52. The summed E-state index contributed by atoms with van der Waals surface area (Å²) in [4.78, 5) is 4.40. The van der Waals surface area contributed by atoms with E-state index in [-0.39, 0.29) is 6.04 Å². The van der Waals surface area contributed by atoms with Gasteiger partial charge in [0.25, 0.3) is 0 Å². The zero-order valence-electron chi connectivity index (χ0n) is 10.9. The third-order valence-electron chi connectivity index (χ3n) is 3.07. The molecule has 1 unspecified atom stereocenters. The first-order valence-electron chi connectivity index (χ1n) is 6.47. The minimum atomic E-state index is -0.105. The lowest BCUT2D eigenvalue weighted by Crippen LogP contribution is -2.21. The fraction of sp³-hybridized carbons (Fsp3) is 0.133. The molecule has 0 bridgehead atoms. The summed E-state index contributed by atoms with van der Waals surface area (Å²) in [6.07, 6.45) is 0. The number of aromatic nitrogens is 3. The van der Waals surface area contributed by atoms with Gasteiger partial charge in [-0.05, 0) is 17.7 Å². The van der Waals surface area contributed by atoms with E-state index in [0.29, 0.717) is 12.5 Å². The first-order valence-corrected chi connectivity index (χ1v) is 6.47. The third kappa shape index (κ3) is 2.73. The second kappa shape index (κ2) is 5.63. The number of hydrogen-bond acceptors (Lipinski definition) is 5. The molecule has 1 heterocycles. The molecule has 20 heavy (non-hydrogen) atoms. The molecule has 0 amide bonds. The maximum Gasteiger partial charge on any atom is 0.243 e. The third-order valence-corrected chi connectivity index (χ3v) is 3.07. The van der Waals surface area contributed by atoms with Crippen molar-refractivity contribution in [1.82, 2.24) is 15.2 Å². The highest BCUT2D eigenvalue weighted by atomic mass is 15.2. The van der Waals surface area contributed by atoms with Crippen molar-refractivity contribution in [2.24, 2.45) is 5.73 Å². The molecule has 2 aromatic carbocycles. The minimum Gasteiger partial charge on any atom is -0.351 e. The average Bonchev–Trinajstić information content (AvgIpc) is 2.53. The van der Waals surface area contributed by atoms with Crippen molar-refractivity contribution in [1.29, 1.82) is 0 Å². The van der Waals surface area contributed by atoms with Crippen LogP contribution < -0.4 is 11.1 Å². The highest BCUT2D eigenvalue weighted by Crippen LogP contribution is 2.12. The Balaban J connectivity index is 1.70. The Bertz CT molecular complexity index is 699. The summed E-state index contributed by atoms with van der Waals surface area (Å²) in [6.45, 7) is 0.560. The van der Waals surface area contributed by atoms with Crippen LogP contribution in [0.5, 0.6) is 0 Å². The largest absolute Gasteiger partial charge is 0.351 e.